The largest absolute Gasteiger partial charge is 0.399 e. The number of nitrogens with two attached hydrogens (primary N) is 1. The fourth-order valence-corrected chi connectivity index (χ4v) is 2.58. The number of hydrogen-bond acceptors (Lipinski definition) is 3. The molecular formula is C18H17N3O2. The molecule has 0 saturated carbocycles. The van der Waals surface area contributed by atoms with Gasteiger partial charge in [-0.1, -0.05) is 12.1 Å². The number of amides is 2. The number of carbonyl (C=O) groups excluding carboxylic acids is 2. The SMILES string of the molecule is CC(=O)N(C(=O)Cc1ccc2cc[nH]c2c1)c1ccc(N)cc1. The van der Waals surface area contributed by atoms with Gasteiger partial charge < -0.3 is 10.7 Å². The molecule has 116 valence electrons. The molecule has 0 atom stereocenters. The van der Waals surface area contributed by atoms with E-state index in [1.165, 1.54) is 11.8 Å². The Morgan fingerprint density at radius 3 is 2.52 bits per heavy atom. The van der Waals surface area contributed by atoms with Crippen LogP contribution in [0.5, 0.6) is 0 Å². The molecule has 23 heavy (non-hydrogen) atoms. The molecule has 2 aromatic carbocycles. The lowest BCUT2D eigenvalue weighted by Crippen LogP contribution is -2.36. The van der Waals surface area contributed by atoms with Gasteiger partial charge in [-0.05, 0) is 47.3 Å². The number of anilines is 2. The highest BCUT2D eigenvalue weighted by molar-refractivity contribution is 6.14. The topological polar surface area (TPSA) is 79.2 Å². The Morgan fingerprint density at radius 2 is 1.83 bits per heavy atom. The molecule has 2 amide bonds. The molecule has 0 radical (unpaired) electrons. The maximum Gasteiger partial charge on any atom is 0.238 e. The molecule has 3 rings (SSSR count). The van der Waals surface area contributed by atoms with Crippen LogP contribution in [0.3, 0.4) is 0 Å². The number of aromatic nitrogens is 1. The predicted molar refractivity (Wildman–Crippen MR) is 91.0 cm³/mol. The third kappa shape index (κ3) is 3.08. The van der Waals surface area contributed by atoms with Crippen LogP contribution in [0.2, 0.25) is 0 Å². The molecule has 1 heterocycles. The van der Waals surface area contributed by atoms with Crippen molar-refractivity contribution >= 4 is 34.1 Å². The Labute approximate surface area is 133 Å². The van der Waals surface area contributed by atoms with Gasteiger partial charge in [-0.3, -0.25) is 14.5 Å². The van der Waals surface area contributed by atoms with E-state index in [4.69, 9.17) is 5.73 Å². The summed E-state index contributed by atoms with van der Waals surface area (Å²) in [5.41, 5.74) is 8.59. The van der Waals surface area contributed by atoms with Crippen molar-refractivity contribution in [2.75, 3.05) is 10.6 Å². The van der Waals surface area contributed by atoms with Gasteiger partial charge >= 0.3 is 0 Å². The molecule has 0 aliphatic heterocycles. The highest BCUT2D eigenvalue weighted by Gasteiger charge is 2.20. The molecule has 0 fully saturated rings. The minimum absolute atomic E-state index is 0.152. The van der Waals surface area contributed by atoms with Crippen molar-refractivity contribution in [2.24, 2.45) is 0 Å². The highest BCUT2D eigenvalue weighted by Crippen LogP contribution is 2.19. The van der Waals surface area contributed by atoms with Gasteiger partial charge in [0, 0.05) is 24.3 Å². The number of nitrogens with zero attached hydrogens (tertiary/aromatic N) is 1. The van der Waals surface area contributed by atoms with E-state index >= 15 is 0 Å². The number of aromatic amines is 1. The van der Waals surface area contributed by atoms with Gasteiger partial charge in [0.15, 0.2) is 0 Å². The Bertz CT molecular complexity index is 865. The monoisotopic (exact) mass is 307 g/mol. The fraction of sp³-hybridized carbons (Fsp3) is 0.111. The van der Waals surface area contributed by atoms with Crippen molar-refractivity contribution in [3.63, 3.8) is 0 Å². The summed E-state index contributed by atoms with van der Waals surface area (Å²) in [4.78, 5) is 28.8. The number of fused-ring (bicyclic) bond motifs is 1. The molecule has 0 aliphatic rings. The van der Waals surface area contributed by atoms with Crippen LogP contribution in [0.4, 0.5) is 11.4 Å². The first kappa shape index (κ1) is 14.8. The van der Waals surface area contributed by atoms with Crippen molar-refractivity contribution in [1.29, 1.82) is 0 Å². The Hall–Kier alpha value is -3.08. The lowest BCUT2D eigenvalue weighted by molar-refractivity contribution is -0.125. The summed E-state index contributed by atoms with van der Waals surface area (Å²) < 4.78 is 0. The van der Waals surface area contributed by atoms with Crippen LogP contribution in [0.15, 0.2) is 54.7 Å². The lowest BCUT2D eigenvalue weighted by Gasteiger charge is -2.19. The Morgan fingerprint density at radius 1 is 1.09 bits per heavy atom. The predicted octanol–water partition coefficient (Wildman–Crippen LogP) is 2.87. The van der Waals surface area contributed by atoms with Crippen molar-refractivity contribution in [3.05, 3.63) is 60.3 Å². The molecule has 1 aromatic heterocycles. The van der Waals surface area contributed by atoms with E-state index in [0.29, 0.717) is 11.4 Å². The average molecular weight is 307 g/mol. The first-order chi connectivity index (χ1) is 11.0. The molecule has 5 heteroatoms. The van der Waals surface area contributed by atoms with Gasteiger partial charge in [-0.25, -0.2) is 0 Å². The number of carbonyl (C=O) groups is 2. The number of nitrogens with one attached hydrogen (secondary N) is 1. The van der Waals surface area contributed by atoms with E-state index < -0.39 is 0 Å². The van der Waals surface area contributed by atoms with Crippen molar-refractivity contribution < 1.29 is 9.59 Å². The lowest BCUT2D eigenvalue weighted by atomic mass is 10.1. The molecule has 3 aromatic rings. The molecule has 0 unspecified atom stereocenters. The van der Waals surface area contributed by atoms with Crippen LogP contribution in [0.1, 0.15) is 12.5 Å². The maximum atomic E-state index is 12.6. The minimum Gasteiger partial charge on any atom is -0.399 e. The van der Waals surface area contributed by atoms with Gasteiger partial charge in [-0.2, -0.15) is 0 Å². The zero-order valence-corrected chi connectivity index (χ0v) is 12.7. The normalized spacial score (nSPS) is 10.7. The van der Waals surface area contributed by atoms with Gasteiger partial charge in [0.25, 0.3) is 0 Å². The Kier molecular flexibility index (Phi) is 3.85. The van der Waals surface area contributed by atoms with Gasteiger partial charge in [0.05, 0.1) is 12.1 Å². The summed E-state index contributed by atoms with van der Waals surface area (Å²) in [5, 5.41) is 1.09. The maximum absolute atomic E-state index is 12.6. The van der Waals surface area contributed by atoms with E-state index in [2.05, 4.69) is 4.98 Å². The summed E-state index contributed by atoms with van der Waals surface area (Å²) in [6, 6.07) is 14.4. The zero-order chi connectivity index (χ0) is 16.4. The summed E-state index contributed by atoms with van der Waals surface area (Å²) in [7, 11) is 0. The van der Waals surface area contributed by atoms with E-state index in [1.54, 1.807) is 24.3 Å². The molecule has 5 nitrogen and oxygen atoms in total. The van der Waals surface area contributed by atoms with Gasteiger partial charge in [0.2, 0.25) is 11.8 Å². The van der Waals surface area contributed by atoms with Gasteiger partial charge in [0.1, 0.15) is 0 Å². The second-order valence-electron chi connectivity index (χ2n) is 5.42. The van der Waals surface area contributed by atoms with Crippen molar-refractivity contribution in [3.8, 4) is 0 Å². The number of benzene rings is 2. The van der Waals surface area contributed by atoms with Crippen molar-refractivity contribution in [1.82, 2.24) is 4.98 Å². The van der Waals surface area contributed by atoms with E-state index in [0.717, 1.165) is 16.5 Å². The number of H-pyrrole nitrogens is 1. The highest BCUT2D eigenvalue weighted by atomic mass is 16.2. The molecule has 0 saturated heterocycles. The summed E-state index contributed by atoms with van der Waals surface area (Å²) in [6.45, 7) is 1.38. The average Bonchev–Trinajstić information content (AvgIpc) is 2.96. The summed E-state index contributed by atoms with van der Waals surface area (Å²) in [5.74, 6) is -0.589. The van der Waals surface area contributed by atoms with Crippen LogP contribution in [-0.2, 0) is 16.0 Å². The fourth-order valence-electron chi connectivity index (χ4n) is 2.58. The minimum atomic E-state index is -0.319. The summed E-state index contributed by atoms with van der Waals surface area (Å²) >= 11 is 0. The molecule has 0 bridgehead atoms. The second kappa shape index (κ2) is 5.96. The number of hydrogen-bond donors (Lipinski definition) is 2. The van der Waals surface area contributed by atoms with Gasteiger partial charge in [-0.15, -0.1) is 0 Å². The van der Waals surface area contributed by atoms with E-state index in [-0.39, 0.29) is 18.2 Å². The quantitative estimate of drug-likeness (QED) is 0.730. The van der Waals surface area contributed by atoms with Crippen LogP contribution in [0.25, 0.3) is 10.9 Å². The molecule has 3 N–H and O–H groups in total. The standard InChI is InChI=1S/C18H17N3O2/c1-12(22)21(16-6-4-15(19)5-7-16)18(23)11-13-2-3-14-8-9-20-17(14)10-13/h2-10,20H,11,19H2,1H3. The van der Waals surface area contributed by atoms with Crippen molar-refractivity contribution in [2.45, 2.75) is 13.3 Å². The zero-order valence-electron chi connectivity index (χ0n) is 12.7. The molecule has 0 aliphatic carbocycles. The Balaban J connectivity index is 1.86. The number of nitrogen functional groups attached to an aromatic ring is 1. The number of imide groups is 1. The molecule has 0 spiro atoms. The van der Waals surface area contributed by atoms with Crippen LogP contribution in [0, 0.1) is 0 Å². The van der Waals surface area contributed by atoms with Crippen LogP contribution >= 0.6 is 0 Å². The molecular weight excluding hydrogens is 290 g/mol. The second-order valence-corrected chi connectivity index (χ2v) is 5.42. The van der Waals surface area contributed by atoms with E-state index in [9.17, 15) is 9.59 Å². The third-order valence-electron chi connectivity index (χ3n) is 3.69. The first-order valence-corrected chi connectivity index (χ1v) is 7.29. The number of rotatable bonds is 3. The summed E-state index contributed by atoms with van der Waals surface area (Å²) in [6.07, 6.45) is 2.01. The van der Waals surface area contributed by atoms with Crippen LogP contribution in [-0.4, -0.2) is 16.8 Å². The third-order valence-corrected chi connectivity index (χ3v) is 3.69. The van der Waals surface area contributed by atoms with Crippen LogP contribution < -0.4 is 10.6 Å². The smallest absolute Gasteiger partial charge is 0.238 e. The van der Waals surface area contributed by atoms with E-state index in [1.807, 2.05) is 30.5 Å². The first-order valence-electron chi connectivity index (χ1n) is 7.29.